The lowest BCUT2D eigenvalue weighted by Crippen LogP contribution is -2.05. The van der Waals surface area contributed by atoms with Gasteiger partial charge < -0.3 is 15.2 Å². The molecular formula is C17H19NO2. The summed E-state index contributed by atoms with van der Waals surface area (Å²) >= 11 is 0. The fraction of sp³-hybridized carbons (Fsp3) is 0.294. The molecule has 0 aliphatic carbocycles. The number of ether oxygens (including phenoxy) is 2. The Hall–Kier alpha value is -2.00. The smallest absolute Gasteiger partial charge is 0.123 e. The third-order valence-corrected chi connectivity index (χ3v) is 3.74. The summed E-state index contributed by atoms with van der Waals surface area (Å²) in [6.07, 6.45) is 1.24. The van der Waals surface area contributed by atoms with Crippen LogP contribution in [0.4, 0.5) is 0 Å². The van der Waals surface area contributed by atoms with Crippen molar-refractivity contribution in [2.45, 2.75) is 26.0 Å². The number of rotatable bonds is 3. The van der Waals surface area contributed by atoms with E-state index in [9.17, 15) is 0 Å². The van der Waals surface area contributed by atoms with Gasteiger partial charge in [-0.25, -0.2) is 0 Å². The Morgan fingerprint density at radius 1 is 1.25 bits per heavy atom. The van der Waals surface area contributed by atoms with Gasteiger partial charge in [0.25, 0.3) is 0 Å². The second-order valence-electron chi connectivity index (χ2n) is 5.18. The maximum atomic E-state index is 5.87. The van der Waals surface area contributed by atoms with Gasteiger partial charge in [-0.05, 0) is 53.4 Å². The predicted octanol–water partition coefficient (Wildman–Crippen LogP) is 3.14. The molecule has 0 bridgehead atoms. The molecule has 0 radical (unpaired) electrons. The maximum absolute atomic E-state index is 5.87. The van der Waals surface area contributed by atoms with Gasteiger partial charge in [0.1, 0.15) is 17.6 Å². The number of nitrogens with two attached hydrogens (primary N) is 1. The summed E-state index contributed by atoms with van der Waals surface area (Å²) < 4.78 is 11.0. The van der Waals surface area contributed by atoms with E-state index in [-0.39, 0.29) is 6.10 Å². The minimum absolute atomic E-state index is 0.269. The molecule has 2 aromatic carbocycles. The normalized spacial score (nSPS) is 16.6. The van der Waals surface area contributed by atoms with Crippen LogP contribution in [-0.4, -0.2) is 13.2 Å². The van der Waals surface area contributed by atoms with Gasteiger partial charge in [0.2, 0.25) is 0 Å². The van der Waals surface area contributed by atoms with E-state index >= 15 is 0 Å². The van der Waals surface area contributed by atoms with Crippen LogP contribution in [0.5, 0.6) is 11.5 Å². The summed E-state index contributed by atoms with van der Waals surface area (Å²) in [7, 11) is 1.67. The molecule has 1 heterocycles. The zero-order chi connectivity index (χ0) is 14.1. The molecule has 1 atom stereocenters. The molecule has 1 aliphatic heterocycles. The topological polar surface area (TPSA) is 44.5 Å². The van der Waals surface area contributed by atoms with E-state index in [1.54, 1.807) is 7.11 Å². The first-order chi connectivity index (χ1) is 9.71. The van der Waals surface area contributed by atoms with Gasteiger partial charge in [0.05, 0.1) is 7.11 Å². The number of methoxy groups -OCH3 is 1. The monoisotopic (exact) mass is 269 g/mol. The van der Waals surface area contributed by atoms with Crippen molar-refractivity contribution in [3.8, 4) is 22.6 Å². The van der Waals surface area contributed by atoms with E-state index in [2.05, 4.69) is 31.2 Å². The number of hydrogen-bond donors (Lipinski definition) is 1. The van der Waals surface area contributed by atoms with Crippen molar-refractivity contribution in [3.63, 3.8) is 0 Å². The van der Waals surface area contributed by atoms with Gasteiger partial charge >= 0.3 is 0 Å². The van der Waals surface area contributed by atoms with Gasteiger partial charge in [-0.15, -0.1) is 0 Å². The summed E-state index contributed by atoms with van der Waals surface area (Å²) in [6.45, 7) is 2.59. The molecule has 2 aromatic rings. The Morgan fingerprint density at radius 3 is 2.85 bits per heavy atom. The molecule has 0 aromatic heterocycles. The Kier molecular flexibility index (Phi) is 3.36. The van der Waals surface area contributed by atoms with Crippen LogP contribution in [-0.2, 0) is 13.0 Å². The summed E-state index contributed by atoms with van der Waals surface area (Å²) in [6, 6.07) is 12.4. The molecule has 0 spiro atoms. The average molecular weight is 269 g/mol. The van der Waals surface area contributed by atoms with Crippen LogP contribution < -0.4 is 15.2 Å². The van der Waals surface area contributed by atoms with E-state index in [1.807, 2.05) is 12.1 Å². The molecule has 3 rings (SSSR count). The van der Waals surface area contributed by atoms with E-state index in [0.29, 0.717) is 6.54 Å². The molecule has 0 saturated heterocycles. The SMILES string of the molecule is COc1ccc(-c2ccc3c(c2)CC(C)O3)c(CN)c1. The molecular weight excluding hydrogens is 250 g/mol. The van der Waals surface area contributed by atoms with Gasteiger partial charge in [-0.3, -0.25) is 0 Å². The van der Waals surface area contributed by atoms with Crippen molar-refractivity contribution in [2.24, 2.45) is 5.73 Å². The minimum Gasteiger partial charge on any atom is -0.497 e. The molecule has 1 unspecified atom stereocenters. The number of hydrogen-bond acceptors (Lipinski definition) is 3. The summed E-state index contributed by atoms with van der Waals surface area (Å²) in [5.41, 5.74) is 10.6. The predicted molar refractivity (Wildman–Crippen MR) is 80.1 cm³/mol. The highest BCUT2D eigenvalue weighted by molar-refractivity contribution is 5.70. The first-order valence-corrected chi connectivity index (χ1v) is 6.88. The quantitative estimate of drug-likeness (QED) is 0.931. The van der Waals surface area contributed by atoms with Crippen LogP contribution in [0, 0.1) is 0 Å². The lowest BCUT2D eigenvalue weighted by atomic mass is 9.97. The highest BCUT2D eigenvalue weighted by atomic mass is 16.5. The molecule has 3 heteroatoms. The molecule has 2 N–H and O–H groups in total. The Bertz CT molecular complexity index is 637. The first-order valence-electron chi connectivity index (χ1n) is 6.88. The lowest BCUT2D eigenvalue weighted by Gasteiger charge is -2.11. The van der Waals surface area contributed by atoms with Crippen LogP contribution in [0.25, 0.3) is 11.1 Å². The Labute approximate surface area is 119 Å². The van der Waals surface area contributed by atoms with Crippen molar-refractivity contribution in [3.05, 3.63) is 47.5 Å². The van der Waals surface area contributed by atoms with Crippen molar-refractivity contribution in [2.75, 3.05) is 7.11 Å². The second-order valence-corrected chi connectivity index (χ2v) is 5.18. The van der Waals surface area contributed by atoms with Gasteiger partial charge in [0, 0.05) is 13.0 Å². The van der Waals surface area contributed by atoms with Gasteiger partial charge in [-0.1, -0.05) is 12.1 Å². The van der Waals surface area contributed by atoms with Crippen LogP contribution in [0.15, 0.2) is 36.4 Å². The number of fused-ring (bicyclic) bond motifs is 1. The first kappa shape index (κ1) is 13.0. The molecule has 0 saturated carbocycles. The fourth-order valence-electron chi connectivity index (χ4n) is 2.74. The van der Waals surface area contributed by atoms with Crippen molar-refractivity contribution >= 4 is 0 Å². The average Bonchev–Trinajstić information content (AvgIpc) is 2.85. The minimum atomic E-state index is 0.269. The zero-order valence-electron chi connectivity index (χ0n) is 11.8. The summed E-state index contributed by atoms with van der Waals surface area (Å²) in [4.78, 5) is 0. The maximum Gasteiger partial charge on any atom is 0.123 e. The van der Waals surface area contributed by atoms with Crippen LogP contribution in [0.3, 0.4) is 0 Å². The van der Waals surface area contributed by atoms with E-state index < -0.39 is 0 Å². The highest BCUT2D eigenvalue weighted by Crippen LogP contribution is 2.34. The molecule has 0 amide bonds. The summed E-state index contributed by atoms with van der Waals surface area (Å²) in [5, 5.41) is 0. The Morgan fingerprint density at radius 2 is 2.10 bits per heavy atom. The third-order valence-electron chi connectivity index (χ3n) is 3.74. The largest absolute Gasteiger partial charge is 0.497 e. The van der Waals surface area contributed by atoms with E-state index in [0.717, 1.165) is 29.0 Å². The molecule has 3 nitrogen and oxygen atoms in total. The van der Waals surface area contributed by atoms with Crippen LogP contribution in [0.1, 0.15) is 18.1 Å². The van der Waals surface area contributed by atoms with Crippen LogP contribution in [0.2, 0.25) is 0 Å². The molecule has 104 valence electrons. The number of benzene rings is 2. The highest BCUT2D eigenvalue weighted by Gasteiger charge is 2.19. The zero-order valence-corrected chi connectivity index (χ0v) is 11.8. The van der Waals surface area contributed by atoms with E-state index in [4.69, 9.17) is 15.2 Å². The van der Waals surface area contributed by atoms with Crippen molar-refractivity contribution in [1.29, 1.82) is 0 Å². The van der Waals surface area contributed by atoms with Crippen molar-refractivity contribution < 1.29 is 9.47 Å². The van der Waals surface area contributed by atoms with Gasteiger partial charge in [0.15, 0.2) is 0 Å². The van der Waals surface area contributed by atoms with Crippen molar-refractivity contribution in [1.82, 2.24) is 0 Å². The molecule has 20 heavy (non-hydrogen) atoms. The second kappa shape index (κ2) is 5.17. The molecule has 1 aliphatic rings. The third kappa shape index (κ3) is 2.25. The van der Waals surface area contributed by atoms with Gasteiger partial charge in [-0.2, -0.15) is 0 Å². The molecule has 0 fully saturated rings. The summed E-state index contributed by atoms with van der Waals surface area (Å²) in [5.74, 6) is 1.84. The van der Waals surface area contributed by atoms with Crippen LogP contribution >= 0.6 is 0 Å². The van der Waals surface area contributed by atoms with E-state index in [1.165, 1.54) is 11.1 Å². The Balaban J connectivity index is 2.03. The lowest BCUT2D eigenvalue weighted by molar-refractivity contribution is 0.254. The fourth-order valence-corrected chi connectivity index (χ4v) is 2.74. The standard InChI is InChI=1S/C17H19NO2/c1-11-7-13-8-12(3-6-17(13)20-11)16-5-4-15(19-2)9-14(16)10-18/h3-6,8-9,11H,7,10,18H2,1-2H3.